The van der Waals surface area contributed by atoms with Crippen LogP contribution >= 0.6 is 0 Å². The van der Waals surface area contributed by atoms with E-state index in [1.807, 2.05) is 44.2 Å². The van der Waals surface area contributed by atoms with Crippen LogP contribution in [0.4, 0.5) is 0 Å². The molecule has 0 heterocycles. The first-order valence-corrected chi connectivity index (χ1v) is 3.94. The molecule has 2 nitrogen and oxygen atoms in total. The number of carbonyl (C=O) groups excluding carboxylic acids is 1. The Kier molecular flexibility index (Phi) is 5.70. The molecule has 0 aromatic rings. The van der Waals surface area contributed by atoms with Gasteiger partial charge >= 0.3 is 0 Å². The largest absolute Gasteiger partial charge is 0.327 e. The van der Waals surface area contributed by atoms with Crippen LogP contribution in [-0.2, 0) is 4.79 Å². The van der Waals surface area contributed by atoms with Crippen LogP contribution < -0.4 is 5.32 Å². The van der Waals surface area contributed by atoms with Crippen molar-refractivity contribution in [3.63, 3.8) is 0 Å². The highest BCUT2D eigenvalue weighted by atomic mass is 16.1. The van der Waals surface area contributed by atoms with Crippen LogP contribution in [0.1, 0.15) is 20.8 Å². The average molecular weight is 165 g/mol. The molecule has 0 aliphatic heterocycles. The molecule has 0 aliphatic carbocycles. The van der Waals surface area contributed by atoms with E-state index in [4.69, 9.17) is 0 Å². The maximum Gasteiger partial charge on any atom is 0.221 e. The maximum atomic E-state index is 10.6. The third-order valence-electron chi connectivity index (χ3n) is 1.21. The lowest BCUT2D eigenvalue weighted by Gasteiger charge is -1.99. The van der Waals surface area contributed by atoms with Gasteiger partial charge in [-0.2, -0.15) is 0 Å². The summed E-state index contributed by atoms with van der Waals surface area (Å²) in [6.45, 7) is 5.32. The lowest BCUT2D eigenvalue weighted by molar-refractivity contribution is -0.118. The summed E-state index contributed by atoms with van der Waals surface area (Å²) >= 11 is 0. The van der Waals surface area contributed by atoms with Crippen molar-refractivity contribution in [2.24, 2.45) is 0 Å². The predicted octanol–water partition coefficient (Wildman–Crippen LogP) is 2.16. The fourth-order valence-corrected chi connectivity index (χ4v) is 0.684. The molecule has 0 aromatic carbocycles. The molecular weight excluding hydrogens is 150 g/mol. The first-order chi connectivity index (χ1) is 5.70. The van der Waals surface area contributed by atoms with E-state index in [0.29, 0.717) is 0 Å². The number of hydrogen-bond donors (Lipinski definition) is 1. The second-order valence-electron chi connectivity index (χ2n) is 2.31. The zero-order valence-electron chi connectivity index (χ0n) is 7.79. The first-order valence-electron chi connectivity index (χ1n) is 3.94. The number of nitrogens with one attached hydrogen (secondary N) is 1. The molecule has 0 radical (unpaired) electrons. The lowest BCUT2D eigenvalue weighted by Crippen LogP contribution is -2.17. The van der Waals surface area contributed by atoms with Gasteiger partial charge in [0.2, 0.25) is 5.91 Å². The molecule has 0 saturated heterocycles. The Bertz CT molecular complexity index is 224. The first kappa shape index (κ1) is 10.7. The standard InChI is InChI=1S/C10H15NO/c1-4-6-7-8-10(5-2)11-9(3)12/h4-8H,1-3H3,(H,11,12)/b6-4-,8-7-,10-5+. The summed E-state index contributed by atoms with van der Waals surface area (Å²) in [4.78, 5) is 10.6. The van der Waals surface area contributed by atoms with Gasteiger partial charge in [-0.1, -0.05) is 24.3 Å². The number of carbonyl (C=O) groups is 1. The summed E-state index contributed by atoms with van der Waals surface area (Å²) in [5, 5.41) is 2.69. The van der Waals surface area contributed by atoms with E-state index in [0.717, 1.165) is 5.70 Å². The summed E-state index contributed by atoms with van der Waals surface area (Å²) < 4.78 is 0. The van der Waals surface area contributed by atoms with Gasteiger partial charge in [-0.25, -0.2) is 0 Å². The molecule has 1 amide bonds. The summed E-state index contributed by atoms with van der Waals surface area (Å²) in [6.07, 6.45) is 9.41. The van der Waals surface area contributed by atoms with Crippen molar-refractivity contribution in [2.75, 3.05) is 0 Å². The van der Waals surface area contributed by atoms with Crippen molar-refractivity contribution in [1.29, 1.82) is 0 Å². The normalized spacial score (nSPS) is 12.8. The molecule has 0 unspecified atom stereocenters. The Morgan fingerprint density at radius 1 is 1.25 bits per heavy atom. The van der Waals surface area contributed by atoms with Crippen LogP contribution in [-0.4, -0.2) is 5.91 Å². The second kappa shape index (κ2) is 6.40. The third kappa shape index (κ3) is 5.47. The van der Waals surface area contributed by atoms with Gasteiger partial charge in [-0.05, 0) is 19.9 Å². The van der Waals surface area contributed by atoms with Gasteiger partial charge in [0, 0.05) is 12.6 Å². The SMILES string of the molecule is C\C=C/C=C\C(=C/C)NC(C)=O. The van der Waals surface area contributed by atoms with E-state index in [9.17, 15) is 4.79 Å². The fraction of sp³-hybridized carbons (Fsp3) is 0.300. The van der Waals surface area contributed by atoms with Crippen molar-refractivity contribution >= 4 is 5.91 Å². The van der Waals surface area contributed by atoms with E-state index in [-0.39, 0.29) is 5.91 Å². The monoisotopic (exact) mass is 165 g/mol. The zero-order chi connectivity index (χ0) is 9.40. The molecule has 1 N–H and O–H groups in total. The van der Waals surface area contributed by atoms with Crippen molar-refractivity contribution in [3.05, 3.63) is 36.1 Å². The van der Waals surface area contributed by atoms with E-state index in [2.05, 4.69) is 5.32 Å². The Morgan fingerprint density at radius 2 is 1.92 bits per heavy atom. The van der Waals surface area contributed by atoms with Gasteiger partial charge in [0.15, 0.2) is 0 Å². The predicted molar refractivity (Wildman–Crippen MR) is 51.5 cm³/mol. The van der Waals surface area contributed by atoms with Crippen LogP contribution in [0.5, 0.6) is 0 Å². The average Bonchev–Trinajstić information content (AvgIpc) is 2.02. The van der Waals surface area contributed by atoms with Gasteiger partial charge < -0.3 is 5.32 Å². The minimum absolute atomic E-state index is 0.0479. The molecule has 0 bridgehead atoms. The highest BCUT2D eigenvalue weighted by molar-refractivity contribution is 5.75. The molecule has 2 heteroatoms. The number of amides is 1. The smallest absolute Gasteiger partial charge is 0.221 e. The van der Waals surface area contributed by atoms with Crippen molar-refractivity contribution < 1.29 is 4.79 Å². The molecule has 0 aromatic heterocycles. The van der Waals surface area contributed by atoms with E-state index in [1.54, 1.807) is 0 Å². The summed E-state index contributed by atoms with van der Waals surface area (Å²) in [5.41, 5.74) is 0.820. The fourth-order valence-electron chi connectivity index (χ4n) is 0.684. The Morgan fingerprint density at radius 3 is 2.33 bits per heavy atom. The molecule has 66 valence electrons. The van der Waals surface area contributed by atoms with Crippen molar-refractivity contribution in [3.8, 4) is 0 Å². The highest BCUT2D eigenvalue weighted by Crippen LogP contribution is 1.91. The van der Waals surface area contributed by atoms with Gasteiger partial charge in [0.05, 0.1) is 0 Å². The maximum absolute atomic E-state index is 10.6. The molecule has 0 aliphatic rings. The summed E-state index contributed by atoms with van der Waals surface area (Å²) in [6, 6.07) is 0. The molecule has 12 heavy (non-hydrogen) atoms. The minimum atomic E-state index is -0.0479. The van der Waals surface area contributed by atoms with Crippen LogP contribution in [0.15, 0.2) is 36.1 Å². The molecule has 0 fully saturated rings. The lowest BCUT2D eigenvalue weighted by atomic mass is 10.3. The second-order valence-corrected chi connectivity index (χ2v) is 2.31. The number of hydrogen-bond acceptors (Lipinski definition) is 1. The van der Waals surface area contributed by atoms with E-state index in [1.165, 1.54) is 6.92 Å². The molecule has 0 rings (SSSR count). The van der Waals surface area contributed by atoms with Gasteiger partial charge in [0.1, 0.15) is 0 Å². The third-order valence-corrected chi connectivity index (χ3v) is 1.21. The van der Waals surface area contributed by atoms with Gasteiger partial charge in [-0.3, -0.25) is 4.79 Å². The van der Waals surface area contributed by atoms with Crippen LogP contribution in [0.3, 0.4) is 0 Å². The highest BCUT2D eigenvalue weighted by Gasteiger charge is 1.90. The molecule has 0 saturated carbocycles. The minimum Gasteiger partial charge on any atom is -0.327 e. The molecule has 0 spiro atoms. The quantitative estimate of drug-likeness (QED) is 0.638. The van der Waals surface area contributed by atoms with E-state index < -0.39 is 0 Å². The van der Waals surface area contributed by atoms with Crippen molar-refractivity contribution in [2.45, 2.75) is 20.8 Å². The Hall–Kier alpha value is -1.31. The Balaban J connectivity index is 4.10. The summed E-state index contributed by atoms with van der Waals surface area (Å²) in [7, 11) is 0. The molecular formula is C10H15NO. The van der Waals surface area contributed by atoms with Crippen LogP contribution in [0.2, 0.25) is 0 Å². The molecule has 0 atom stereocenters. The van der Waals surface area contributed by atoms with Crippen LogP contribution in [0.25, 0.3) is 0 Å². The zero-order valence-corrected chi connectivity index (χ0v) is 7.79. The van der Waals surface area contributed by atoms with Gasteiger partial charge in [0.25, 0.3) is 0 Å². The number of rotatable bonds is 3. The topological polar surface area (TPSA) is 29.1 Å². The Labute approximate surface area is 73.7 Å². The summed E-state index contributed by atoms with van der Waals surface area (Å²) in [5.74, 6) is -0.0479. The van der Waals surface area contributed by atoms with Gasteiger partial charge in [-0.15, -0.1) is 0 Å². The van der Waals surface area contributed by atoms with Crippen molar-refractivity contribution in [1.82, 2.24) is 5.32 Å². The van der Waals surface area contributed by atoms with Crippen LogP contribution in [0, 0.1) is 0 Å². The number of allylic oxidation sites excluding steroid dienone is 5. The van der Waals surface area contributed by atoms with E-state index >= 15 is 0 Å².